The Morgan fingerprint density at radius 1 is 0.633 bits per heavy atom. The summed E-state index contributed by atoms with van der Waals surface area (Å²) >= 11 is 0. The summed E-state index contributed by atoms with van der Waals surface area (Å²) in [5, 5.41) is 6.21. The Bertz CT molecular complexity index is 599. The first-order valence-corrected chi connectivity index (χ1v) is 11.2. The predicted octanol–water partition coefficient (Wildman–Crippen LogP) is 3.08. The summed E-state index contributed by atoms with van der Waals surface area (Å²) in [6, 6.07) is 0.198. The quantitative estimate of drug-likeness (QED) is 0.686. The number of nitrogens with zero attached hydrogens (tertiary/aromatic N) is 2. The molecule has 2 aliphatic rings. The number of likely N-dealkylation sites (tertiary alicyclic amines) is 2. The van der Waals surface area contributed by atoms with Gasteiger partial charge in [-0.3, -0.25) is 19.4 Å². The van der Waals surface area contributed by atoms with Crippen LogP contribution in [-0.4, -0.2) is 69.9 Å². The standard InChI is InChI=1S/C24H44N4O2/c1-21(2)13-17(14-22(3,4)27(21)9)25-19(29)11-12-20(30)26-18-15-23(5,6)28(10)24(7,8)16-18/h11-12,17-18H,13-16H2,1-10H3,(H,25,29)(H,26,30)/b12-11+. The minimum Gasteiger partial charge on any atom is -0.350 e. The molecule has 6 nitrogen and oxygen atoms in total. The summed E-state index contributed by atoms with van der Waals surface area (Å²) in [4.78, 5) is 29.7. The SMILES string of the molecule is CN1C(C)(C)CC(NC(=O)/C=C/C(=O)NC2CC(C)(C)N(C)C(C)(C)C2)CC1(C)C. The molecule has 172 valence electrons. The van der Waals surface area contributed by atoms with Crippen LogP contribution in [0.4, 0.5) is 0 Å². The van der Waals surface area contributed by atoms with Gasteiger partial charge < -0.3 is 10.6 Å². The van der Waals surface area contributed by atoms with Gasteiger partial charge in [0.15, 0.2) is 0 Å². The minimum absolute atomic E-state index is 0.00847. The zero-order chi connectivity index (χ0) is 23.1. The lowest BCUT2D eigenvalue weighted by molar-refractivity contribution is -0.121. The molecule has 2 aliphatic heterocycles. The zero-order valence-corrected chi connectivity index (χ0v) is 20.8. The second kappa shape index (κ2) is 8.27. The maximum absolute atomic E-state index is 12.5. The smallest absolute Gasteiger partial charge is 0.244 e. The first-order valence-electron chi connectivity index (χ1n) is 11.2. The molecule has 0 aromatic carbocycles. The summed E-state index contributed by atoms with van der Waals surface area (Å²) < 4.78 is 0. The average Bonchev–Trinajstić information content (AvgIpc) is 2.54. The molecule has 0 aromatic rings. The number of rotatable bonds is 4. The highest BCUT2D eigenvalue weighted by Gasteiger charge is 2.44. The van der Waals surface area contributed by atoms with Crippen LogP contribution in [0, 0.1) is 0 Å². The Balaban J connectivity index is 1.92. The molecule has 2 fully saturated rings. The summed E-state index contributed by atoms with van der Waals surface area (Å²) in [6.45, 7) is 17.7. The molecule has 0 atom stereocenters. The lowest BCUT2D eigenvalue weighted by atomic mass is 9.77. The summed E-state index contributed by atoms with van der Waals surface area (Å²) in [5.74, 6) is -0.398. The lowest BCUT2D eigenvalue weighted by Gasteiger charge is -2.53. The number of hydrogen-bond donors (Lipinski definition) is 2. The van der Waals surface area contributed by atoms with Crippen molar-refractivity contribution in [2.24, 2.45) is 0 Å². The maximum atomic E-state index is 12.5. The largest absolute Gasteiger partial charge is 0.350 e. The molecule has 30 heavy (non-hydrogen) atoms. The van der Waals surface area contributed by atoms with Crippen LogP contribution in [0.25, 0.3) is 0 Å². The Morgan fingerprint density at radius 2 is 0.867 bits per heavy atom. The van der Waals surface area contributed by atoms with Crippen LogP contribution in [0.5, 0.6) is 0 Å². The van der Waals surface area contributed by atoms with E-state index in [1.54, 1.807) is 0 Å². The zero-order valence-electron chi connectivity index (χ0n) is 20.8. The van der Waals surface area contributed by atoms with Crippen molar-refractivity contribution in [3.05, 3.63) is 12.2 Å². The second-order valence-electron chi connectivity index (χ2n) is 11.9. The van der Waals surface area contributed by atoms with Crippen molar-refractivity contribution in [2.75, 3.05) is 14.1 Å². The van der Waals surface area contributed by atoms with Crippen LogP contribution in [0.3, 0.4) is 0 Å². The normalized spacial score (nSPS) is 27.1. The molecule has 0 bridgehead atoms. The molecule has 0 radical (unpaired) electrons. The van der Waals surface area contributed by atoms with E-state index >= 15 is 0 Å². The van der Waals surface area contributed by atoms with Crippen molar-refractivity contribution in [2.45, 2.75) is 115 Å². The van der Waals surface area contributed by atoms with E-state index < -0.39 is 0 Å². The van der Waals surface area contributed by atoms with E-state index in [1.165, 1.54) is 12.2 Å². The fourth-order valence-electron chi connectivity index (χ4n) is 5.60. The van der Waals surface area contributed by atoms with Gasteiger partial charge in [0, 0.05) is 46.4 Å². The molecule has 2 heterocycles. The third kappa shape index (κ3) is 5.64. The average molecular weight is 421 g/mol. The van der Waals surface area contributed by atoms with Gasteiger partial charge in [-0.05, 0) is 95.2 Å². The van der Waals surface area contributed by atoms with E-state index in [0.29, 0.717) is 0 Å². The Morgan fingerprint density at radius 3 is 1.10 bits per heavy atom. The molecule has 0 aromatic heterocycles. The van der Waals surface area contributed by atoms with Gasteiger partial charge in [-0.1, -0.05) is 0 Å². The molecule has 0 saturated carbocycles. The molecule has 0 spiro atoms. The van der Waals surface area contributed by atoms with Crippen molar-refractivity contribution in [1.29, 1.82) is 0 Å². The highest BCUT2D eigenvalue weighted by atomic mass is 16.2. The van der Waals surface area contributed by atoms with Crippen molar-refractivity contribution < 1.29 is 9.59 Å². The third-order valence-electron chi connectivity index (χ3n) is 7.69. The Kier molecular flexibility index (Phi) is 6.85. The molecule has 2 rings (SSSR count). The van der Waals surface area contributed by atoms with Crippen LogP contribution in [0.2, 0.25) is 0 Å². The third-order valence-corrected chi connectivity index (χ3v) is 7.69. The van der Waals surface area contributed by atoms with E-state index in [9.17, 15) is 9.59 Å². The lowest BCUT2D eigenvalue weighted by Crippen LogP contribution is -2.62. The van der Waals surface area contributed by atoms with Gasteiger partial charge in [-0.25, -0.2) is 0 Å². The predicted molar refractivity (Wildman–Crippen MR) is 123 cm³/mol. The number of piperidine rings is 2. The van der Waals surface area contributed by atoms with E-state index in [1.807, 2.05) is 0 Å². The van der Waals surface area contributed by atoms with Gasteiger partial charge in [0.2, 0.25) is 11.8 Å². The molecule has 2 N–H and O–H groups in total. The van der Waals surface area contributed by atoms with Crippen LogP contribution >= 0.6 is 0 Å². The van der Waals surface area contributed by atoms with E-state index in [-0.39, 0.29) is 46.1 Å². The van der Waals surface area contributed by atoms with Crippen LogP contribution in [0.15, 0.2) is 12.2 Å². The van der Waals surface area contributed by atoms with Crippen molar-refractivity contribution in [3.8, 4) is 0 Å². The molecule has 6 heteroatoms. The van der Waals surface area contributed by atoms with E-state index in [4.69, 9.17) is 0 Å². The van der Waals surface area contributed by atoms with Crippen LogP contribution < -0.4 is 10.6 Å². The Labute approximate surface area is 183 Å². The molecule has 2 saturated heterocycles. The number of carbonyl (C=O) groups is 2. The van der Waals surface area contributed by atoms with E-state index in [0.717, 1.165) is 25.7 Å². The number of amides is 2. The Hall–Kier alpha value is -1.40. The van der Waals surface area contributed by atoms with Crippen molar-refractivity contribution >= 4 is 11.8 Å². The van der Waals surface area contributed by atoms with E-state index in [2.05, 4.69) is 89.9 Å². The first-order chi connectivity index (χ1) is 13.5. The van der Waals surface area contributed by atoms with Crippen molar-refractivity contribution in [1.82, 2.24) is 20.4 Å². The van der Waals surface area contributed by atoms with Crippen LogP contribution in [0.1, 0.15) is 81.1 Å². The highest BCUT2D eigenvalue weighted by Crippen LogP contribution is 2.37. The van der Waals surface area contributed by atoms with Gasteiger partial charge in [0.25, 0.3) is 0 Å². The minimum atomic E-state index is -0.199. The number of carbonyl (C=O) groups excluding carboxylic acids is 2. The highest BCUT2D eigenvalue weighted by molar-refractivity contribution is 5.96. The molecule has 0 aliphatic carbocycles. The number of hydrogen-bond acceptors (Lipinski definition) is 4. The van der Waals surface area contributed by atoms with Gasteiger partial charge in [-0.2, -0.15) is 0 Å². The second-order valence-corrected chi connectivity index (χ2v) is 11.9. The molecule has 2 amide bonds. The summed E-state index contributed by atoms with van der Waals surface area (Å²) in [7, 11) is 4.29. The fraction of sp³-hybridized carbons (Fsp3) is 0.833. The van der Waals surface area contributed by atoms with Gasteiger partial charge >= 0.3 is 0 Å². The molecule has 0 unspecified atom stereocenters. The monoisotopic (exact) mass is 420 g/mol. The maximum Gasteiger partial charge on any atom is 0.244 e. The van der Waals surface area contributed by atoms with Gasteiger partial charge in [0.05, 0.1) is 0 Å². The van der Waals surface area contributed by atoms with Gasteiger partial charge in [-0.15, -0.1) is 0 Å². The first kappa shape index (κ1) is 24.9. The number of nitrogens with one attached hydrogen (secondary N) is 2. The topological polar surface area (TPSA) is 64.7 Å². The van der Waals surface area contributed by atoms with Gasteiger partial charge in [0.1, 0.15) is 0 Å². The molecular formula is C24H44N4O2. The fourth-order valence-corrected chi connectivity index (χ4v) is 5.60. The molecular weight excluding hydrogens is 376 g/mol. The summed E-state index contributed by atoms with van der Waals surface area (Å²) in [6.07, 6.45) is 6.30. The van der Waals surface area contributed by atoms with Crippen molar-refractivity contribution in [3.63, 3.8) is 0 Å². The van der Waals surface area contributed by atoms with Crippen LogP contribution in [-0.2, 0) is 9.59 Å². The summed E-state index contributed by atoms with van der Waals surface area (Å²) in [5.41, 5.74) is 0.0339.